The van der Waals surface area contributed by atoms with Crippen molar-refractivity contribution in [2.45, 2.75) is 13.1 Å². The maximum Gasteiger partial charge on any atom is 0.416 e. The maximum atomic E-state index is 13.0. The zero-order valence-corrected chi connectivity index (χ0v) is 15.3. The lowest BCUT2D eigenvalue weighted by Gasteiger charge is -2.12. The first-order valence-corrected chi connectivity index (χ1v) is 8.22. The number of rotatable bonds is 2. The molecule has 2 nitrogen and oxygen atoms in total. The number of halogens is 5. The summed E-state index contributed by atoms with van der Waals surface area (Å²) in [7, 11) is 0. The molecule has 132 valence electrons. The van der Waals surface area contributed by atoms with Crippen molar-refractivity contribution in [1.82, 2.24) is 4.57 Å². The van der Waals surface area contributed by atoms with Gasteiger partial charge in [0.05, 0.1) is 11.3 Å². The van der Waals surface area contributed by atoms with Crippen LogP contribution in [0.1, 0.15) is 11.1 Å². The van der Waals surface area contributed by atoms with Crippen LogP contribution in [-0.2, 0) is 6.18 Å². The zero-order valence-electron chi connectivity index (χ0n) is 12.9. The third kappa shape index (κ3) is 3.92. The van der Waals surface area contributed by atoms with Crippen molar-refractivity contribution in [3.05, 3.63) is 68.8 Å². The van der Waals surface area contributed by atoms with Gasteiger partial charge >= 0.3 is 6.18 Å². The van der Waals surface area contributed by atoms with Crippen molar-refractivity contribution in [1.29, 1.82) is 5.41 Å². The fourth-order valence-corrected chi connectivity index (χ4v) is 3.30. The van der Waals surface area contributed by atoms with Crippen LogP contribution >= 0.6 is 35.3 Å². The van der Waals surface area contributed by atoms with Gasteiger partial charge in [0.1, 0.15) is 0 Å². The van der Waals surface area contributed by atoms with Gasteiger partial charge in [-0.05, 0) is 48.4 Å². The number of nitrogens with zero attached hydrogens (tertiary/aromatic N) is 1. The Morgan fingerprint density at radius 3 is 2.48 bits per heavy atom. The standard InChI is InChI=1S/C17H12ClF3N2S.ClH/c1-10-7-11(5-6-14(10)18)15-9-24-16(22)23(15)13-4-2-3-12(8-13)17(19,20)21;/h2-9,22H,1H3;1H. The third-order valence-electron chi connectivity index (χ3n) is 3.61. The Morgan fingerprint density at radius 2 is 1.84 bits per heavy atom. The van der Waals surface area contributed by atoms with E-state index in [1.807, 2.05) is 13.0 Å². The van der Waals surface area contributed by atoms with Crippen molar-refractivity contribution in [3.63, 3.8) is 0 Å². The molecule has 25 heavy (non-hydrogen) atoms. The lowest BCUT2D eigenvalue weighted by atomic mass is 10.1. The Kier molecular flexibility index (Phi) is 5.66. The van der Waals surface area contributed by atoms with E-state index in [2.05, 4.69) is 0 Å². The number of aryl methyl sites for hydroxylation is 1. The molecule has 0 aliphatic heterocycles. The van der Waals surface area contributed by atoms with E-state index in [-0.39, 0.29) is 17.2 Å². The van der Waals surface area contributed by atoms with Crippen molar-refractivity contribution < 1.29 is 13.2 Å². The average Bonchev–Trinajstić information content (AvgIpc) is 2.91. The number of benzene rings is 2. The van der Waals surface area contributed by atoms with Crippen LogP contribution in [0.2, 0.25) is 5.02 Å². The van der Waals surface area contributed by atoms with E-state index in [4.69, 9.17) is 17.0 Å². The van der Waals surface area contributed by atoms with Gasteiger partial charge in [-0.15, -0.1) is 23.7 Å². The van der Waals surface area contributed by atoms with Gasteiger partial charge in [-0.25, -0.2) is 0 Å². The molecule has 0 saturated heterocycles. The van der Waals surface area contributed by atoms with Crippen molar-refractivity contribution in [2.24, 2.45) is 0 Å². The molecule has 1 N–H and O–H groups in total. The number of aromatic nitrogens is 1. The molecule has 0 radical (unpaired) electrons. The molecular formula is C17H13Cl2F3N2S. The van der Waals surface area contributed by atoms with Gasteiger partial charge in [0.25, 0.3) is 0 Å². The predicted molar refractivity (Wildman–Crippen MR) is 96.9 cm³/mol. The van der Waals surface area contributed by atoms with Crippen LogP contribution in [-0.4, -0.2) is 4.57 Å². The summed E-state index contributed by atoms with van der Waals surface area (Å²) in [6, 6.07) is 10.4. The van der Waals surface area contributed by atoms with E-state index in [1.165, 1.54) is 10.6 Å². The molecule has 8 heteroatoms. The molecule has 0 atom stereocenters. The Hall–Kier alpha value is -1.76. The molecule has 3 rings (SSSR count). The van der Waals surface area contributed by atoms with Crippen LogP contribution in [0, 0.1) is 12.3 Å². The minimum absolute atomic E-state index is 0. The van der Waals surface area contributed by atoms with E-state index in [0.29, 0.717) is 16.4 Å². The molecule has 0 bridgehead atoms. The molecular weight excluding hydrogens is 392 g/mol. The fraction of sp³-hybridized carbons (Fsp3) is 0.118. The second-order valence-electron chi connectivity index (χ2n) is 5.27. The van der Waals surface area contributed by atoms with Gasteiger partial charge in [-0.2, -0.15) is 13.2 Å². The second kappa shape index (κ2) is 7.23. The van der Waals surface area contributed by atoms with Crippen LogP contribution in [0.25, 0.3) is 16.9 Å². The van der Waals surface area contributed by atoms with Gasteiger partial charge in [0, 0.05) is 16.1 Å². The third-order valence-corrected chi connectivity index (χ3v) is 4.78. The highest BCUT2D eigenvalue weighted by atomic mass is 35.5. The second-order valence-corrected chi connectivity index (χ2v) is 6.54. The number of alkyl halides is 3. The van der Waals surface area contributed by atoms with Crippen LogP contribution in [0.5, 0.6) is 0 Å². The Balaban J connectivity index is 0.00000225. The highest BCUT2D eigenvalue weighted by molar-refractivity contribution is 7.07. The van der Waals surface area contributed by atoms with Gasteiger partial charge < -0.3 is 0 Å². The van der Waals surface area contributed by atoms with E-state index in [9.17, 15) is 13.2 Å². The minimum Gasteiger partial charge on any atom is -0.286 e. The number of thiazole rings is 1. The summed E-state index contributed by atoms with van der Waals surface area (Å²) in [5, 5.41) is 10.4. The maximum absolute atomic E-state index is 13.0. The number of hydrogen-bond acceptors (Lipinski definition) is 2. The molecule has 0 amide bonds. The highest BCUT2D eigenvalue weighted by Gasteiger charge is 2.30. The Morgan fingerprint density at radius 1 is 1.12 bits per heavy atom. The van der Waals surface area contributed by atoms with Gasteiger partial charge in [-0.3, -0.25) is 9.98 Å². The molecule has 2 aromatic carbocycles. The molecule has 0 aliphatic carbocycles. The number of hydrogen-bond donors (Lipinski definition) is 1. The van der Waals surface area contributed by atoms with E-state index >= 15 is 0 Å². The van der Waals surface area contributed by atoms with Gasteiger partial charge in [0.15, 0.2) is 4.80 Å². The summed E-state index contributed by atoms with van der Waals surface area (Å²) in [5.41, 5.74) is 1.88. The summed E-state index contributed by atoms with van der Waals surface area (Å²) in [6.07, 6.45) is -4.42. The lowest BCUT2D eigenvalue weighted by Crippen LogP contribution is -2.14. The van der Waals surface area contributed by atoms with Crippen LogP contribution in [0.4, 0.5) is 13.2 Å². The molecule has 0 saturated carbocycles. The normalized spacial score (nSPS) is 11.2. The molecule has 0 spiro atoms. The van der Waals surface area contributed by atoms with Crippen LogP contribution < -0.4 is 4.80 Å². The largest absolute Gasteiger partial charge is 0.416 e. The Labute approximate surface area is 157 Å². The van der Waals surface area contributed by atoms with E-state index in [1.54, 1.807) is 23.6 Å². The summed E-state index contributed by atoms with van der Waals surface area (Å²) in [5.74, 6) is 0. The highest BCUT2D eigenvalue weighted by Crippen LogP contribution is 2.32. The number of nitrogens with one attached hydrogen (secondary N) is 1. The van der Waals surface area contributed by atoms with Crippen LogP contribution in [0.15, 0.2) is 47.8 Å². The van der Waals surface area contributed by atoms with E-state index < -0.39 is 11.7 Å². The van der Waals surface area contributed by atoms with Crippen molar-refractivity contribution in [3.8, 4) is 16.9 Å². The van der Waals surface area contributed by atoms with Crippen molar-refractivity contribution in [2.75, 3.05) is 0 Å². The first-order chi connectivity index (χ1) is 11.3. The fourth-order valence-electron chi connectivity index (χ4n) is 2.41. The quantitative estimate of drug-likeness (QED) is 0.535. The van der Waals surface area contributed by atoms with Crippen molar-refractivity contribution >= 4 is 35.3 Å². The smallest absolute Gasteiger partial charge is 0.286 e. The van der Waals surface area contributed by atoms with Gasteiger partial charge in [-0.1, -0.05) is 23.7 Å². The predicted octanol–water partition coefficient (Wildman–Crippen LogP) is 6.09. The van der Waals surface area contributed by atoms with Gasteiger partial charge in [0.2, 0.25) is 0 Å². The molecule has 0 unspecified atom stereocenters. The SMILES string of the molecule is Cc1cc(-c2csc(=N)n2-c2cccc(C(F)(F)F)c2)ccc1Cl.Cl. The topological polar surface area (TPSA) is 28.8 Å². The first kappa shape index (κ1) is 19.6. The average molecular weight is 405 g/mol. The first-order valence-electron chi connectivity index (χ1n) is 6.96. The zero-order chi connectivity index (χ0) is 17.5. The molecule has 1 heterocycles. The molecule has 3 aromatic rings. The molecule has 0 aliphatic rings. The summed E-state index contributed by atoms with van der Waals surface area (Å²) >= 11 is 7.19. The summed E-state index contributed by atoms with van der Waals surface area (Å²) in [4.78, 5) is 0.150. The molecule has 1 aromatic heterocycles. The lowest BCUT2D eigenvalue weighted by molar-refractivity contribution is -0.137. The minimum atomic E-state index is -4.42. The van der Waals surface area contributed by atoms with E-state index in [0.717, 1.165) is 34.6 Å². The molecule has 0 fully saturated rings. The summed E-state index contributed by atoms with van der Waals surface area (Å²) < 4.78 is 40.4. The Bertz CT molecular complexity index is 961. The summed E-state index contributed by atoms with van der Waals surface area (Å²) in [6.45, 7) is 1.86. The van der Waals surface area contributed by atoms with Crippen LogP contribution in [0.3, 0.4) is 0 Å². The monoisotopic (exact) mass is 404 g/mol.